The van der Waals surface area contributed by atoms with Crippen LogP contribution in [0.3, 0.4) is 0 Å². The molecule has 3 rings (SSSR count). The zero-order valence-corrected chi connectivity index (χ0v) is 17.0. The zero-order chi connectivity index (χ0) is 21.9. The Balaban J connectivity index is 1.84. The van der Waals surface area contributed by atoms with E-state index in [1.54, 1.807) is 7.05 Å². The molecule has 1 saturated heterocycles. The minimum absolute atomic E-state index is 0.0839. The predicted molar refractivity (Wildman–Crippen MR) is 106 cm³/mol. The van der Waals surface area contributed by atoms with E-state index in [9.17, 15) is 26.4 Å². The lowest BCUT2D eigenvalue weighted by Crippen LogP contribution is -2.26. The highest BCUT2D eigenvalue weighted by molar-refractivity contribution is 7.90. The molecule has 1 heterocycles. The first kappa shape index (κ1) is 21.8. The smallest absolute Gasteiger partial charge is 0.284 e. The van der Waals surface area contributed by atoms with Crippen LogP contribution >= 0.6 is 0 Å². The van der Waals surface area contributed by atoms with Crippen molar-refractivity contribution >= 4 is 27.5 Å². The molecule has 1 amide bonds. The van der Waals surface area contributed by atoms with Crippen LogP contribution in [-0.4, -0.2) is 38.7 Å². The SMILES string of the molecule is CN1CCCCCC1=NS(=O)(=O)c1cccc(NC(=O)c2cc(F)c(F)c(F)c2)c1. The minimum atomic E-state index is -4.03. The zero-order valence-electron chi connectivity index (χ0n) is 16.2. The standard InChI is InChI=1S/C20H20F3N3O3S/c1-26-9-4-2-3-8-18(26)25-30(28,29)15-7-5-6-14(12-15)24-20(27)13-10-16(21)19(23)17(22)11-13/h5-7,10-12H,2-4,8-9H2,1H3,(H,24,27). The van der Waals surface area contributed by atoms with Gasteiger partial charge >= 0.3 is 0 Å². The van der Waals surface area contributed by atoms with E-state index >= 15 is 0 Å². The molecular formula is C20H20F3N3O3S. The third-order valence-corrected chi connectivity index (χ3v) is 6.00. The Hall–Kier alpha value is -2.88. The van der Waals surface area contributed by atoms with Crippen molar-refractivity contribution in [2.24, 2.45) is 4.40 Å². The fraction of sp³-hybridized carbons (Fsp3) is 0.300. The molecule has 10 heteroatoms. The van der Waals surface area contributed by atoms with Crippen LogP contribution in [0.5, 0.6) is 0 Å². The van der Waals surface area contributed by atoms with Crippen LogP contribution in [-0.2, 0) is 10.0 Å². The lowest BCUT2D eigenvalue weighted by atomic mass is 10.2. The monoisotopic (exact) mass is 439 g/mol. The molecule has 0 unspecified atom stereocenters. The van der Waals surface area contributed by atoms with E-state index < -0.39 is 38.9 Å². The molecule has 0 saturated carbocycles. The summed E-state index contributed by atoms with van der Waals surface area (Å²) in [4.78, 5) is 13.9. The number of rotatable bonds is 4. The maximum Gasteiger partial charge on any atom is 0.284 e. The highest BCUT2D eigenvalue weighted by Crippen LogP contribution is 2.21. The highest BCUT2D eigenvalue weighted by atomic mass is 32.2. The number of likely N-dealkylation sites (tertiary alicyclic amines) is 1. The van der Waals surface area contributed by atoms with Crippen molar-refractivity contribution in [2.45, 2.75) is 30.6 Å². The van der Waals surface area contributed by atoms with Crippen LogP contribution in [0.4, 0.5) is 18.9 Å². The van der Waals surface area contributed by atoms with Crippen molar-refractivity contribution in [1.82, 2.24) is 4.90 Å². The number of nitrogens with zero attached hydrogens (tertiary/aromatic N) is 2. The van der Waals surface area contributed by atoms with Crippen LogP contribution < -0.4 is 5.32 Å². The van der Waals surface area contributed by atoms with Gasteiger partial charge < -0.3 is 10.2 Å². The molecule has 2 aromatic carbocycles. The number of hydrogen-bond acceptors (Lipinski definition) is 3. The third-order valence-electron chi connectivity index (χ3n) is 4.70. The van der Waals surface area contributed by atoms with E-state index in [4.69, 9.17) is 0 Å². The molecule has 0 spiro atoms. The number of sulfonamides is 1. The second-order valence-corrected chi connectivity index (χ2v) is 8.55. The molecule has 1 N–H and O–H groups in total. The molecule has 6 nitrogen and oxygen atoms in total. The van der Waals surface area contributed by atoms with Gasteiger partial charge in [-0.05, 0) is 43.2 Å². The van der Waals surface area contributed by atoms with Crippen molar-refractivity contribution in [2.75, 3.05) is 18.9 Å². The molecule has 2 aromatic rings. The van der Waals surface area contributed by atoms with Gasteiger partial charge in [0.2, 0.25) is 0 Å². The second-order valence-electron chi connectivity index (χ2n) is 6.95. The summed E-state index contributed by atoms with van der Waals surface area (Å²) in [7, 11) is -2.24. The maximum absolute atomic E-state index is 13.3. The summed E-state index contributed by atoms with van der Waals surface area (Å²) in [6, 6.07) is 6.47. The van der Waals surface area contributed by atoms with E-state index in [1.807, 2.05) is 4.90 Å². The Bertz CT molecular complexity index is 1080. The average molecular weight is 439 g/mol. The maximum atomic E-state index is 13.3. The van der Waals surface area contributed by atoms with Gasteiger partial charge in [-0.15, -0.1) is 4.40 Å². The molecule has 0 bridgehead atoms. The molecule has 0 aliphatic carbocycles. The first-order chi connectivity index (χ1) is 14.2. The van der Waals surface area contributed by atoms with Gasteiger partial charge in [-0.2, -0.15) is 8.42 Å². The summed E-state index contributed by atoms with van der Waals surface area (Å²) >= 11 is 0. The third kappa shape index (κ3) is 4.99. The number of halogens is 3. The van der Waals surface area contributed by atoms with Crippen LogP contribution in [0.15, 0.2) is 45.7 Å². The van der Waals surface area contributed by atoms with Gasteiger partial charge in [-0.25, -0.2) is 13.2 Å². The topological polar surface area (TPSA) is 78.8 Å². The van der Waals surface area contributed by atoms with E-state index in [1.165, 1.54) is 24.3 Å². The van der Waals surface area contributed by atoms with Gasteiger partial charge in [0.25, 0.3) is 15.9 Å². The molecule has 1 fully saturated rings. The number of carbonyl (C=O) groups excluding carboxylic acids is 1. The Morgan fingerprint density at radius 2 is 1.77 bits per heavy atom. The largest absolute Gasteiger partial charge is 0.362 e. The lowest BCUT2D eigenvalue weighted by molar-refractivity contribution is 0.102. The summed E-state index contributed by atoms with van der Waals surface area (Å²) in [6.07, 6.45) is 3.35. The first-order valence-electron chi connectivity index (χ1n) is 9.28. The summed E-state index contributed by atoms with van der Waals surface area (Å²) in [5, 5.41) is 2.35. The number of nitrogens with one attached hydrogen (secondary N) is 1. The van der Waals surface area contributed by atoms with Crippen LogP contribution in [0.25, 0.3) is 0 Å². The van der Waals surface area contributed by atoms with Gasteiger partial charge in [0.15, 0.2) is 17.5 Å². The van der Waals surface area contributed by atoms with Crippen molar-refractivity contribution in [3.8, 4) is 0 Å². The number of anilines is 1. The number of carbonyl (C=O) groups is 1. The van der Waals surface area contributed by atoms with Crippen LogP contribution in [0.1, 0.15) is 36.0 Å². The summed E-state index contributed by atoms with van der Waals surface area (Å²) in [6.45, 7) is 0.717. The van der Waals surface area contributed by atoms with Crippen LogP contribution in [0, 0.1) is 17.5 Å². The van der Waals surface area contributed by atoms with Gasteiger partial charge in [0.1, 0.15) is 5.84 Å². The van der Waals surface area contributed by atoms with Gasteiger partial charge in [-0.1, -0.05) is 12.5 Å². The molecule has 0 aromatic heterocycles. The normalized spacial score (nSPS) is 16.4. The van der Waals surface area contributed by atoms with E-state index in [0.717, 1.165) is 25.8 Å². The quantitative estimate of drug-likeness (QED) is 0.732. The van der Waals surface area contributed by atoms with E-state index in [2.05, 4.69) is 9.71 Å². The molecule has 30 heavy (non-hydrogen) atoms. The fourth-order valence-corrected chi connectivity index (χ4v) is 4.20. The Kier molecular flexibility index (Phi) is 6.45. The number of amides is 1. The van der Waals surface area contributed by atoms with Crippen molar-refractivity contribution in [1.29, 1.82) is 0 Å². The summed E-state index contributed by atoms with van der Waals surface area (Å²) in [5.74, 6) is -5.13. The Morgan fingerprint density at radius 1 is 1.07 bits per heavy atom. The number of benzene rings is 2. The summed E-state index contributed by atoms with van der Waals surface area (Å²) < 4.78 is 69.2. The molecule has 0 atom stereocenters. The Morgan fingerprint density at radius 3 is 2.47 bits per heavy atom. The molecular weight excluding hydrogens is 419 g/mol. The van der Waals surface area contributed by atoms with Crippen LogP contribution in [0.2, 0.25) is 0 Å². The summed E-state index contributed by atoms with van der Waals surface area (Å²) in [5.41, 5.74) is -0.361. The molecule has 0 radical (unpaired) electrons. The first-order valence-corrected chi connectivity index (χ1v) is 10.7. The van der Waals surface area contributed by atoms with Crippen molar-refractivity contribution in [3.63, 3.8) is 0 Å². The van der Waals surface area contributed by atoms with Gasteiger partial charge in [0.05, 0.1) is 4.90 Å². The van der Waals surface area contributed by atoms with E-state index in [0.29, 0.717) is 24.4 Å². The van der Waals surface area contributed by atoms with Crippen molar-refractivity contribution < 1.29 is 26.4 Å². The number of hydrogen-bond donors (Lipinski definition) is 1. The van der Waals surface area contributed by atoms with Crippen molar-refractivity contribution in [3.05, 3.63) is 59.4 Å². The molecule has 160 valence electrons. The van der Waals surface area contributed by atoms with E-state index in [-0.39, 0.29) is 10.6 Å². The second kappa shape index (κ2) is 8.86. The fourth-order valence-electron chi connectivity index (χ4n) is 3.06. The minimum Gasteiger partial charge on any atom is -0.362 e. The highest BCUT2D eigenvalue weighted by Gasteiger charge is 2.20. The Labute approximate surface area is 172 Å². The van der Waals surface area contributed by atoms with Gasteiger partial charge in [0, 0.05) is 31.3 Å². The number of amidine groups is 1. The molecule has 1 aliphatic heterocycles. The lowest BCUT2D eigenvalue weighted by Gasteiger charge is -2.17. The molecule has 1 aliphatic rings. The average Bonchev–Trinajstić information content (AvgIpc) is 2.90. The van der Waals surface area contributed by atoms with Gasteiger partial charge in [-0.3, -0.25) is 4.79 Å². The predicted octanol–water partition coefficient (Wildman–Crippen LogP) is 3.95.